The Balaban J connectivity index is 6.08. The number of hydrogen-bond acceptors (Lipinski definition) is 1. The zero-order chi connectivity index (χ0) is 17.0. The van der Waals surface area contributed by atoms with Crippen LogP contribution in [0.3, 0.4) is 0 Å². The molecule has 1 nitrogen and oxygen atoms in total. The second-order valence-electron chi connectivity index (χ2n) is 3.34. The van der Waals surface area contributed by atoms with E-state index in [1.807, 2.05) is 0 Å². The number of halogens is 13. The van der Waals surface area contributed by atoms with E-state index in [-0.39, 0.29) is 0 Å². The summed E-state index contributed by atoms with van der Waals surface area (Å²) in [5.74, 6) is 0. The molecule has 0 bridgehead atoms. The molecular weight excluding hydrogens is 549 g/mol. The Morgan fingerprint density at radius 2 is 0.650 bits per heavy atom. The third-order valence-corrected chi connectivity index (χ3v) is 9.98. The summed E-state index contributed by atoms with van der Waals surface area (Å²) in [6, 6.07) is 0. The Bertz CT molecular complexity index is 324. The molecule has 0 fully saturated rings. The molecule has 0 aliphatic rings. The largest absolute Gasteiger partial charge is 0.360 e. The zero-order valence-corrected chi connectivity index (χ0v) is 18.2. The summed E-state index contributed by atoms with van der Waals surface area (Å²) >= 11 is 73.9. The van der Waals surface area contributed by atoms with E-state index >= 15 is 0 Å². The lowest BCUT2D eigenvalue weighted by Gasteiger charge is -2.49. The predicted octanol–water partition coefficient (Wildman–Crippen LogP) is 7.18. The van der Waals surface area contributed by atoms with Gasteiger partial charge in [-0.2, -0.15) is 0 Å². The molecule has 0 atom stereocenters. The second-order valence-corrected chi connectivity index (χ2v) is 12.2. The van der Waals surface area contributed by atoms with E-state index < -0.39 is 25.6 Å². The summed E-state index contributed by atoms with van der Waals surface area (Å²) in [6.45, 7) is 0. The van der Waals surface area contributed by atoms with Crippen molar-refractivity contribution in [1.82, 2.24) is 0 Å². The van der Waals surface area contributed by atoms with Crippen molar-refractivity contribution < 1.29 is 5.11 Å². The van der Waals surface area contributed by atoms with Gasteiger partial charge in [0.1, 0.15) is 0 Å². The molecular formula is C6HCl13O. The van der Waals surface area contributed by atoms with Crippen molar-refractivity contribution in [2.75, 3.05) is 0 Å². The molecule has 1 N–H and O–H groups in total. The van der Waals surface area contributed by atoms with Gasteiger partial charge < -0.3 is 5.11 Å². The molecule has 0 unspecified atom stereocenters. The van der Waals surface area contributed by atoms with Crippen molar-refractivity contribution in [3.05, 3.63) is 0 Å². The Morgan fingerprint density at radius 1 is 0.400 bits per heavy atom. The van der Waals surface area contributed by atoms with Crippen LogP contribution in [0.5, 0.6) is 0 Å². The SMILES string of the molecule is OC(Cl)(Cl)C(Cl)(Cl)C(Cl)(Cl)C(Cl)(Cl)C(Cl)(Cl)C(Cl)(Cl)Cl. The van der Waals surface area contributed by atoms with Gasteiger partial charge in [-0.1, -0.05) is 151 Å². The fraction of sp³-hybridized carbons (Fsp3) is 1.00. The molecule has 0 aromatic heterocycles. The summed E-state index contributed by atoms with van der Waals surface area (Å²) in [5.41, 5.74) is 0. The predicted molar refractivity (Wildman–Crippen MR) is 94.7 cm³/mol. The minimum Gasteiger partial charge on any atom is -0.360 e. The van der Waals surface area contributed by atoms with Crippen LogP contribution in [0, 0.1) is 0 Å². The molecule has 14 heteroatoms. The smallest absolute Gasteiger partial charge is 0.251 e. The maximum absolute atomic E-state index is 9.51. The normalized spacial score (nSPS) is 16.5. The third kappa shape index (κ3) is 3.93. The highest BCUT2D eigenvalue weighted by molar-refractivity contribution is 6.82. The van der Waals surface area contributed by atoms with Crippen LogP contribution in [0.25, 0.3) is 0 Å². The summed E-state index contributed by atoms with van der Waals surface area (Å²) in [7, 11) is 0. The van der Waals surface area contributed by atoms with Gasteiger partial charge in [0.05, 0.1) is 0 Å². The number of hydrogen-bond donors (Lipinski definition) is 1. The maximum atomic E-state index is 9.51. The molecule has 0 heterocycles. The molecule has 0 rings (SSSR count). The average molecular weight is 550 g/mol. The van der Waals surface area contributed by atoms with Crippen molar-refractivity contribution in [2.24, 2.45) is 0 Å². The summed E-state index contributed by atoms with van der Waals surface area (Å²) in [6.07, 6.45) is 0. The van der Waals surface area contributed by atoms with Crippen LogP contribution in [0.1, 0.15) is 0 Å². The average Bonchev–Trinajstić information content (AvgIpc) is 2.12. The molecule has 0 aliphatic carbocycles. The number of aliphatic hydroxyl groups is 1. The van der Waals surface area contributed by atoms with E-state index in [4.69, 9.17) is 151 Å². The van der Waals surface area contributed by atoms with E-state index in [2.05, 4.69) is 0 Å². The van der Waals surface area contributed by atoms with Crippen LogP contribution in [0.15, 0.2) is 0 Å². The van der Waals surface area contributed by atoms with Gasteiger partial charge in [-0.15, -0.1) is 0 Å². The standard InChI is InChI=1S/C6HCl13O/c7-1(8,3(11,12)5(15,16)17)2(9,10)4(13,14)6(18,19)20/h20H. The van der Waals surface area contributed by atoms with Crippen LogP contribution >= 0.6 is 151 Å². The van der Waals surface area contributed by atoms with Gasteiger partial charge in [-0.05, 0) is 0 Å². The molecule has 20 heavy (non-hydrogen) atoms. The first-order valence-corrected chi connectivity index (χ1v) is 8.84. The van der Waals surface area contributed by atoms with Crippen molar-refractivity contribution >= 4 is 151 Å². The van der Waals surface area contributed by atoms with Crippen LogP contribution in [0.2, 0.25) is 0 Å². The highest BCUT2D eigenvalue weighted by Crippen LogP contribution is 2.68. The maximum Gasteiger partial charge on any atom is 0.251 e. The van der Waals surface area contributed by atoms with Crippen LogP contribution < -0.4 is 0 Å². The molecule has 0 saturated heterocycles. The van der Waals surface area contributed by atoms with Crippen molar-refractivity contribution in [2.45, 2.75) is 25.6 Å². The van der Waals surface area contributed by atoms with Crippen molar-refractivity contribution in [1.29, 1.82) is 0 Å². The van der Waals surface area contributed by atoms with Crippen molar-refractivity contribution in [3.8, 4) is 0 Å². The molecule has 0 aliphatic heterocycles. The Morgan fingerprint density at radius 3 is 0.850 bits per heavy atom. The van der Waals surface area contributed by atoms with Gasteiger partial charge in [0.15, 0.2) is 8.67 Å². The molecule has 0 spiro atoms. The van der Waals surface area contributed by atoms with E-state index in [0.29, 0.717) is 0 Å². The number of alkyl halides is 13. The molecule has 0 amide bonds. The van der Waals surface area contributed by atoms with Crippen LogP contribution in [0.4, 0.5) is 0 Å². The Kier molecular flexibility index (Phi) is 8.07. The first-order chi connectivity index (χ1) is 8.25. The van der Waals surface area contributed by atoms with Gasteiger partial charge in [-0.25, -0.2) is 0 Å². The van der Waals surface area contributed by atoms with E-state index in [0.717, 1.165) is 0 Å². The quantitative estimate of drug-likeness (QED) is 0.368. The zero-order valence-electron chi connectivity index (χ0n) is 8.36. The Labute approximate surface area is 179 Å². The third-order valence-electron chi connectivity index (χ3n) is 1.92. The minimum atomic E-state index is -2.92. The monoisotopic (exact) mass is 544 g/mol. The lowest BCUT2D eigenvalue weighted by Crippen LogP contribution is -2.65. The summed E-state index contributed by atoms with van der Waals surface area (Å²) in [5, 5.41) is 9.51. The van der Waals surface area contributed by atoms with Gasteiger partial charge in [-0.3, -0.25) is 0 Å². The first-order valence-electron chi connectivity index (χ1n) is 3.93. The summed E-state index contributed by atoms with van der Waals surface area (Å²) < 4.78 is -16.4. The van der Waals surface area contributed by atoms with Gasteiger partial charge >= 0.3 is 0 Å². The van der Waals surface area contributed by atoms with Gasteiger partial charge in [0, 0.05) is 0 Å². The van der Waals surface area contributed by atoms with E-state index in [1.165, 1.54) is 0 Å². The highest BCUT2D eigenvalue weighted by atomic mass is 35.6. The Hall–Kier alpha value is 3.73. The number of rotatable bonds is 4. The topological polar surface area (TPSA) is 20.2 Å². The lowest BCUT2D eigenvalue weighted by atomic mass is 10.1. The first kappa shape index (κ1) is 23.7. The van der Waals surface area contributed by atoms with Crippen LogP contribution in [-0.2, 0) is 0 Å². The molecule has 0 aromatic rings. The summed E-state index contributed by atoms with van der Waals surface area (Å²) in [4.78, 5) is 0. The highest BCUT2D eigenvalue weighted by Gasteiger charge is 2.76. The molecule has 0 radical (unpaired) electrons. The molecule has 122 valence electrons. The van der Waals surface area contributed by atoms with Crippen LogP contribution in [-0.4, -0.2) is 30.8 Å². The molecule has 0 saturated carbocycles. The fourth-order valence-corrected chi connectivity index (χ4v) is 4.03. The van der Waals surface area contributed by atoms with Gasteiger partial charge in [0.2, 0.25) is 12.5 Å². The van der Waals surface area contributed by atoms with E-state index in [9.17, 15) is 5.11 Å². The van der Waals surface area contributed by atoms with Gasteiger partial charge in [0.25, 0.3) is 4.52 Å². The lowest BCUT2D eigenvalue weighted by molar-refractivity contribution is 0.182. The molecule has 0 aromatic carbocycles. The minimum absolute atomic E-state index is 2.49. The fourth-order valence-electron chi connectivity index (χ4n) is 0.761. The van der Waals surface area contributed by atoms with E-state index in [1.54, 1.807) is 0 Å². The van der Waals surface area contributed by atoms with Crippen molar-refractivity contribution in [3.63, 3.8) is 0 Å². The second kappa shape index (κ2) is 6.80.